The first-order chi connectivity index (χ1) is 13.4. The predicted molar refractivity (Wildman–Crippen MR) is 110 cm³/mol. The summed E-state index contributed by atoms with van der Waals surface area (Å²) < 4.78 is 0. The van der Waals surface area contributed by atoms with Gasteiger partial charge in [0, 0.05) is 26.2 Å². The van der Waals surface area contributed by atoms with Gasteiger partial charge in [0.1, 0.15) is 12.0 Å². The highest BCUT2D eigenvalue weighted by Gasteiger charge is 2.28. The Balaban J connectivity index is 3.35. The van der Waals surface area contributed by atoms with Crippen LogP contribution in [0.3, 0.4) is 0 Å². The number of nitrogens with two attached hydrogens (primary N) is 2. The van der Waals surface area contributed by atoms with E-state index in [-0.39, 0.29) is 12.1 Å². The highest BCUT2D eigenvalue weighted by molar-refractivity contribution is 5.99. The summed E-state index contributed by atoms with van der Waals surface area (Å²) in [6.45, 7) is 9.48. The van der Waals surface area contributed by atoms with Crippen molar-refractivity contribution in [2.24, 2.45) is 11.7 Å². The molecule has 0 unspecified atom stereocenters. The monoisotopic (exact) mass is 394 g/mol. The van der Waals surface area contributed by atoms with Gasteiger partial charge in [-0.1, -0.05) is 27.7 Å². The first-order valence-electron chi connectivity index (χ1n) is 9.90. The standard InChI is InChI=1S/C18H34N8O2/c1-5-9-23(17(27)25(19)11-7-3)15-13-21-14-22-16(15)24(10-6-2)18(28)26(20)12-8-4/h13-14H,5-12,19-20H2,1-4H3. The highest BCUT2D eigenvalue weighted by Crippen LogP contribution is 2.28. The van der Waals surface area contributed by atoms with Gasteiger partial charge in [-0.2, -0.15) is 0 Å². The molecule has 0 fully saturated rings. The number of aromatic nitrogens is 2. The molecule has 0 aliphatic heterocycles. The van der Waals surface area contributed by atoms with Crippen LogP contribution in [0.25, 0.3) is 0 Å². The number of amides is 4. The van der Waals surface area contributed by atoms with E-state index in [1.54, 1.807) is 0 Å². The lowest BCUT2D eigenvalue weighted by atomic mass is 10.3. The van der Waals surface area contributed by atoms with Crippen molar-refractivity contribution in [3.05, 3.63) is 12.5 Å². The molecule has 1 rings (SSSR count). The second-order valence-electron chi connectivity index (χ2n) is 6.49. The van der Waals surface area contributed by atoms with E-state index in [1.807, 2.05) is 27.7 Å². The summed E-state index contributed by atoms with van der Waals surface area (Å²) in [6, 6.07) is -0.729. The molecule has 4 N–H and O–H groups in total. The van der Waals surface area contributed by atoms with Crippen LogP contribution in [0, 0.1) is 0 Å². The quantitative estimate of drug-likeness (QED) is 0.356. The molecule has 10 nitrogen and oxygen atoms in total. The molecule has 0 saturated heterocycles. The molecule has 0 atom stereocenters. The second kappa shape index (κ2) is 12.1. The van der Waals surface area contributed by atoms with E-state index in [0.29, 0.717) is 50.5 Å². The van der Waals surface area contributed by atoms with E-state index in [0.717, 1.165) is 12.8 Å². The fourth-order valence-electron chi connectivity index (χ4n) is 2.76. The van der Waals surface area contributed by atoms with Crippen molar-refractivity contribution in [3.63, 3.8) is 0 Å². The third kappa shape index (κ3) is 6.03. The van der Waals surface area contributed by atoms with Gasteiger partial charge >= 0.3 is 12.1 Å². The average Bonchev–Trinajstić information content (AvgIpc) is 2.69. The molecule has 0 bridgehead atoms. The van der Waals surface area contributed by atoms with E-state index < -0.39 is 0 Å². The molecule has 0 radical (unpaired) electrons. The average molecular weight is 395 g/mol. The minimum absolute atomic E-state index is 0.347. The fourth-order valence-corrected chi connectivity index (χ4v) is 2.76. The summed E-state index contributed by atoms with van der Waals surface area (Å²) in [5.74, 6) is 12.2. The van der Waals surface area contributed by atoms with Gasteiger partial charge in [0.05, 0.1) is 6.20 Å². The Morgan fingerprint density at radius 1 is 0.821 bits per heavy atom. The van der Waals surface area contributed by atoms with Gasteiger partial charge in [0.15, 0.2) is 5.82 Å². The van der Waals surface area contributed by atoms with Crippen LogP contribution in [-0.4, -0.2) is 58.2 Å². The van der Waals surface area contributed by atoms with Gasteiger partial charge in [-0.25, -0.2) is 31.2 Å². The molecule has 4 amide bonds. The largest absolute Gasteiger partial charge is 0.339 e. The van der Waals surface area contributed by atoms with Crippen LogP contribution in [0.1, 0.15) is 53.4 Å². The number of rotatable bonds is 10. The van der Waals surface area contributed by atoms with E-state index >= 15 is 0 Å². The molecule has 1 aromatic rings. The number of carbonyl (C=O) groups is 2. The van der Waals surface area contributed by atoms with Crippen LogP contribution in [0.2, 0.25) is 0 Å². The summed E-state index contributed by atoms with van der Waals surface area (Å²) in [5, 5.41) is 2.34. The van der Waals surface area contributed by atoms with Crippen LogP contribution in [0.5, 0.6) is 0 Å². The topological polar surface area (TPSA) is 125 Å². The van der Waals surface area contributed by atoms with Crippen LogP contribution < -0.4 is 21.5 Å². The first kappa shape index (κ1) is 23.6. The van der Waals surface area contributed by atoms with E-state index in [9.17, 15) is 9.59 Å². The second-order valence-corrected chi connectivity index (χ2v) is 6.49. The smallest absolute Gasteiger partial charge is 0.288 e. The minimum atomic E-state index is -0.370. The molecular formula is C18H34N8O2. The van der Waals surface area contributed by atoms with Crippen molar-refractivity contribution in [2.75, 3.05) is 36.0 Å². The zero-order valence-corrected chi connectivity index (χ0v) is 17.5. The summed E-state index contributed by atoms with van der Waals surface area (Å²) in [6.07, 6.45) is 5.78. The van der Waals surface area contributed by atoms with Crippen LogP contribution in [-0.2, 0) is 0 Å². The minimum Gasteiger partial charge on any atom is -0.288 e. The lowest BCUT2D eigenvalue weighted by Gasteiger charge is -2.32. The van der Waals surface area contributed by atoms with Crippen molar-refractivity contribution in [3.8, 4) is 0 Å². The Morgan fingerprint density at radius 2 is 1.29 bits per heavy atom. The summed E-state index contributed by atoms with van der Waals surface area (Å²) >= 11 is 0. The number of hydrogen-bond donors (Lipinski definition) is 2. The molecule has 0 aliphatic rings. The third-order valence-electron chi connectivity index (χ3n) is 4.00. The SMILES string of the molecule is CCCN(N)C(=O)N(CCC)c1cncnc1N(CCC)C(=O)N(N)CCC. The molecule has 28 heavy (non-hydrogen) atoms. The molecule has 0 aromatic carbocycles. The number of anilines is 2. The van der Waals surface area contributed by atoms with Gasteiger partial charge < -0.3 is 0 Å². The molecule has 0 saturated carbocycles. The Morgan fingerprint density at radius 3 is 1.79 bits per heavy atom. The van der Waals surface area contributed by atoms with Crippen molar-refractivity contribution < 1.29 is 9.59 Å². The molecule has 0 aliphatic carbocycles. The lowest BCUT2D eigenvalue weighted by Crippen LogP contribution is -2.50. The third-order valence-corrected chi connectivity index (χ3v) is 4.00. The molecule has 158 valence electrons. The maximum absolute atomic E-state index is 12.9. The maximum Gasteiger partial charge on any atom is 0.339 e. The summed E-state index contributed by atoms with van der Waals surface area (Å²) in [7, 11) is 0. The molecule has 0 spiro atoms. The van der Waals surface area contributed by atoms with Crippen molar-refractivity contribution in [1.82, 2.24) is 20.0 Å². The predicted octanol–water partition coefficient (Wildman–Crippen LogP) is 2.32. The Kier molecular flexibility index (Phi) is 10.2. The van der Waals surface area contributed by atoms with E-state index in [2.05, 4.69) is 9.97 Å². The zero-order valence-electron chi connectivity index (χ0n) is 17.5. The van der Waals surface area contributed by atoms with Crippen molar-refractivity contribution in [1.29, 1.82) is 0 Å². The maximum atomic E-state index is 12.9. The number of carbonyl (C=O) groups excluding carboxylic acids is 2. The van der Waals surface area contributed by atoms with Crippen LogP contribution in [0.4, 0.5) is 21.1 Å². The first-order valence-corrected chi connectivity index (χ1v) is 9.90. The molecular weight excluding hydrogens is 360 g/mol. The van der Waals surface area contributed by atoms with Gasteiger partial charge in [-0.15, -0.1) is 0 Å². The van der Waals surface area contributed by atoms with Crippen LogP contribution in [0.15, 0.2) is 12.5 Å². The van der Waals surface area contributed by atoms with E-state index in [4.69, 9.17) is 11.7 Å². The number of hydrogen-bond acceptors (Lipinski definition) is 6. The lowest BCUT2D eigenvalue weighted by molar-refractivity contribution is 0.204. The number of nitrogens with zero attached hydrogens (tertiary/aromatic N) is 6. The van der Waals surface area contributed by atoms with Crippen LogP contribution >= 0.6 is 0 Å². The highest BCUT2D eigenvalue weighted by atomic mass is 16.2. The number of hydrazine groups is 2. The normalized spacial score (nSPS) is 10.5. The summed E-state index contributed by atoms with van der Waals surface area (Å²) in [4.78, 5) is 37.2. The Hall–Kier alpha value is -2.46. The summed E-state index contributed by atoms with van der Waals surface area (Å²) in [5.41, 5.74) is 0.438. The molecule has 10 heteroatoms. The van der Waals surface area contributed by atoms with Crippen molar-refractivity contribution >= 4 is 23.6 Å². The van der Waals surface area contributed by atoms with Gasteiger partial charge in [0.2, 0.25) is 0 Å². The Labute approximate surface area is 167 Å². The van der Waals surface area contributed by atoms with Gasteiger partial charge in [-0.3, -0.25) is 19.8 Å². The van der Waals surface area contributed by atoms with E-state index in [1.165, 1.54) is 32.3 Å². The van der Waals surface area contributed by atoms with Crippen molar-refractivity contribution in [2.45, 2.75) is 53.4 Å². The molecule has 1 aromatic heterocycles. The van der Waals surface area contributed by atoms with Gasteiger partial charge in [0.25, 0.3) is 0 Å². The van der Waals surface area contributed by atoms with Gasteiger partial charge in [-0.05, 0) is 25.7 Å². The molecule has 1 heterocycles. The fraction of sp³-hybridized carbons (Fsp3) is 0.667. The number of urea groups is 2. The zero-order chi connectivity index (χ0) is 21.1. The Bertz CT molecular complexity index is 574.